The third kappa shape index (κ3) is 2.05. The lowest BCUT2D eigenvalue weighted by Gasteiger charge is -2.02. The lowest BCUT2D eigenvalue weighted by molar-refractivity contribution is 0.870. The van der Waals surface area contributed by atoms with Gasteiger partial charge in [-0.3, -0.25) is 0 Å². The first-order valence-electron chi connectivity index (χ1n) is 5.32. The molecule has 2 atom stereocenters. The molecular weight excluding hydrogens is 170 g/mol. The van der Waals surface area contributed by atoms with Crippen molar-refractivity contribution in [2.24, 2.45) is 11.7 Å². The molecule has 74 valence electrons. The van der Waals surface area contributed by atoms with Crippen molar-refractivity contribution in [1.29, 1.82) is 0 Å². The third-order valence-corrected chi connectivity index (χ3v) is 2.88. The molecule has 2 N–H and O–H groups in total. The molecule has 2 rings (SSSR count). The highest BCUT2D eigenvalue weighted by Gasteiger charge is 2.35. The van der Waals surface area contributed by atoms with Gasteiger partial charge in [-0.25, -0.2) is 0 Å². The van der Waals surface area contributed by atoms with Crippen LogP contribution < -0.4 is 5.73 Å². The quantitative estimate of drug-likeness (QED) is 0.773. The molecule has 0 amide bonds. The van der Waals surface area contributed by atoms with Crippen LogP contribution in [0.3, 0.4) is 0 Å². The highest BCUT2D eigenvalue weighted by atomic mass is 14.7. The van der Waals surface area contributed by atoms with Crippen LogP contribution in [0.15, 0.2) is 35.9 Å². The van der Waals surface area contributed by atoms with E-state index >= 15 is 0 Å². The van der Waals surface area contributed by atoms with Gasteiger partial charge >= 0.3 is 0 Å². The maximum Gasteiger partial charge on any atom is 0.0112 e. The van der Waals surface area contributed by atoms with E-state index < -0.39 is 0 Å². The standard InChI is InChI=1S/C13H17N/c1-2-11(12-9-13(12)14)8-10-6-4-3-5-7-10/h3-8,12-13H,2,9,14H2,1H3/t12-,13+/m0/s1. The molecule has 1 aliphatic rings. The first kappa shape index (κ1) is 9.47. The average Bonchev–Trinajstić information content (AvgIpc) is 2.93. The number of hydrogen-bond donors (Lipinski definition) is 1. The van der Waals surface area contributed by atoms with Crippen LogP contribution in [0.4, 0.5) is 0 Å². The molecule has 1 nitrogen and oxygen atoms in total. The van der Waals surface area contributed by atoms with E-state index in [1.54, 1.807) is 0 Å². The minimum Gasteiger partial charge on any atom is -0.327 e. The summed E-state index contributed by atoms with van der Waals surface area (Å²) in [4.78, 5) is 0. The van der Waals surface area contributed by atoms with Crippen LogP contribution in [-0.4, -0.2) is 6.04 Å². The first-order chi connectivity index (χ1) is 6.81. The van der Waals surface area contributed by atoms with E-state index in [4.69, 9.17) is 5.73 Å². The summed E-state index contributed by atoms with van der Waals surface area (Å²) in [5.74, 6) is 0.653. The highest BCUT2D eigenvalue weighted by molar-refractivity contribution is 5.54. The summed E-state index contributed by atoms with van der Waals surface area (Å²) in [7, 11) is 0. The minimum absolute atomic E-state index is 0.421. The van der Waals surface area contributed by atoms with Crippen molar-refractivity contribution in [2.45, 2.75) is 25.8 Å². The second-order valence-corrected chi connectivity index (χ2v) is 3.99. The molecule has 0 bridgehead atoms. The molecule has 1 heteroatoms. The van der Waals surface area contributed by atoms with Gasteiger partial charge < -0.3 is 5.73 Å². The van der Waals surface area contributed by atoms with Gasteiger partial charge in [-0.2, -0.15) is 0 Å². The molecular formula is C13H17N. The number of rotatable bonds is 3. The van der Waals surface area contributed by atoms with E-state index in [9.17, 15) is 0 Å². The highest BCUT2D eigenvalue weighted by Crippen LogP contribution is 2.37. The molecule has 1 fully saturated rings. The predicted octanol–water partition coefficient (Wildman–Crippen LogP) is 2.83. The van der Waals surface area contributed by atoms with Gasteiger partial charge in [0.25, 0.3) is 0 Å². The predicted molar refractivity (Wildman–Crippen MR) is 60.8 cm³/mol. The van der Waals surface area contributed by atoms with Gasteiger partial charge in [-0.15, -0.1) is 0 Å². The van der Waals surface area contributed by atoms with Gasteiger partial charge in [0.2, 0.25) is 0 Å². The average molecular weight is 187 g/mol. The van der Waals surface area contributed by atoms with Gasteiger partial charge in [-0.05, 0) is 24.3 Å². The van der Waals surface area contributed by atoms with E-state index in [1.807, 2.05) is 6.07 Å². The van der Waals surface area contributed by atoms with E-state index in [2.05, 4.69) is 37.3 Å². The van der Waals surface area contributed by atoms with E-state index in [-0.39, 0.29) is 0 Å². The van der Waals surface area contributed by atoms with Crippen LogP contribution in [0, 0.1) is 5.92 Å². The summed E-state index contributed by atoms with van der Waals surface area (Å²) in [5, 5.41) is 0. The van der Waals surface area contributed by atoms with E-state index in [0.717, 1.165) is 6.42 Å². The van der Waals surface area contributed by atoms with Gasteiger partial charge in [0.1, 0.15) is 0 Å². The molecule has 14 heavy (non-hydrogen) atoms. The van der Waals surface area contributed by atoms with Gasteiger partial charge in [-0.1, -0.05) is 48.9 Å². The Labute approximate surface area is 85.6 Å². The SMILES string of the molecule is CCC(=Cc1ccccc1)[C@@H]1C[C@H]1N. The molecule has 0 saturated heterocycles. The third-order valence-electron chi connectivity index (χ3n) is 2.88. The minimum atomic E-state index is 0.421. The summed E-state index contributed by atoms with van der Waals surface area (Å²) in [6.45, 7) is 2.21. The lowest BCUT2D eigenvalue weighted by Crippen LogP contribution is -2.03. The van der Waals surface area contributed by atoms with Crippen LogP contribution in [0.2, 0.25) is 0 Å². The van der Waals surface area contributed by atoms with Crippen molar-refractivity contribution in [3.8, 4) is 0 Å². The maximum absolute atomic E-state index is 5.86. The summed E-state index contributed by atoms with van der Waals surface area (Å²) in [5.41, 5.74) is 8.65. The van der Waals surface area contributed by atoms with Crippen LogP contribution in [0.5, 0.6) is 0 Å². The molecule has 1 aliphatic carbocycles. The number of hydrogen-bond acceptors (Lipinski definition) is 1. The second-order valence-electron chi connectivity index (χ2n) is 3.99. The van der Waals surface area contributed by atoms with Crippen molar-refractivity contribution >= 4 is 6.08 Å². The monoisotopic (exact) mass is 187 g/mol. The topological polar surface area (TPSA) is 26.0 Å². The van der Waals surface area contributed by atoms with Crippen LogP contribution >= 0.6 is 0 Å². The summed E-state index contributed by atoms with van der Waals surface area (Å²) >= 11 is 0. The largest absolute Gasteiger partial charge is 0.327 e. The van der Waals surface area contributed by atoms with Crippen molar-refractivity contribution in [3.05, 3.63) is 41.5 Å². The number of benzene rings is 1. The fourth-order valence-corrected chi connectivity index (χ4v) is 1.88. The zero-order valence-electron chi connectivity index (χ0n) is 8.61. The van der Waals surface area contributed by atoms with Gasteiger partial charge in [0.15, 0.2) is 0 Å². The lowest BCUT2D eigenvalue weighted by atomic mass is 10.0. The summed E-state index contributed by atoms with van der Waals surface area (Å²) in [6, 6.07) is 10.9. The number of nitrogens with two attached hydrogens (primary N) is 1. The molecule has 1 aromatic rings. The zero-order valence-corrected chi connectivity index (χ0v) is 8.61. The zero-order chi connectivity index (χ0) is 9.97. The Morgan fingerprint density at radius 1 is 1.43 bits per heavy atom. The van der Waals surface area contributed by atoms with Crippen molar-refractivity contribution in [1.82, 2.24) is 0 Å². The molecule has 0 radical (unpaired) electrons. The Kier molecular flexibility index (Phi) is 2.69. The molecule has 0 aliphatic heterocycles. The van der Waals surface area contributed by atoms with Crippen LogP contribution in [-0.2, 0) is 0 Å². The smallest absolute Gasteiger partial charge is 0.0112 e. The van der Waals surface area contributed by atoms with Gasteiger partial charge in [0.05, 0.1) is 0 Å². The molecule has 0 spiro atoms. The van der Waals surface area contributed by atoms with Gasteiger partial charge in [0, 0.05) is 6.04 Å². The Bertz CT molecular complexity index is 326. The normalized spacial score (nSPS) is 26.3. The molecule has 0 aromatic heterocycles. The second kappa shape index (κ2) is 3.97. The fraction of sp³-hybridized carbons (Fsp3) is 0.385. The van der Waals surface area contributed by atoms with Crippen molar-refractivity contribution in [3.63, 3.8) is 0 Å². The van der Waals surface area contributed by atoms with Crippen LogP contribution in [0.1, 0.15) is 25.3 Å². The molecule has 1 saturated carbocycles. The first-order valence-corrected chi connectivity index (χ1v) is 5.32. The van der Waals surface area contributed by atoms with Crippen molar-refractivity contribution in [2.75, 3.05) is 0 Å². The molecule has 1 aromatic carbocycles. The Morgan fingerprint density at radius 2 is 2.07 bits per heavy atom. The summed E-state index contributed by atoms with van der Waals surface area (Å²) < 4.78 is 0. The Balaban J connectivity index is 2.15. The van der Waals surface area contributed by atoms with E-state index in [1.165, 1.54) is 17.6 Å². The fourth-order valence-electron chi connectivity index (χ4n) is 1.88. The Hall–Kier alpha value is -1.08. The Morgan fingerprint density at radius 3 is 2.57 bits per heavy atom. The molecule has 0 heterocycles. The van der Waals surface area contributed by atoms with Crippen molar-refractivity contribution < 1.29 is 0 Å². The van der Waals surface area contributed by atoms with E-state index in [0.29, 0.717) is 12.0 Å². The summed E-state index contributed by atoms with van der Waals surface area (Å²) in [6.07, 6.45) is 4.58. The molecule has 0 unspecified atom stereocenters. The van der Waals surface area contributed by atoms with Crippen LogP contribution in [0.25, 0.3) is 6.08 Å². The maximum atomic E-state index is 5.86.